The molecule has 5 heteroatoms. The van der Waals surface area contributed by atoms with E-state index in [1.54, 1.807) is 0 Å². The first-order chi connectivity index (χ1) is 8.22. The van der Waals surface area contributed by atoms with Crippen molar-refractivity contribution in [2.24, 2.45) is 0 Å². The molecule has 0 aliphatic rings. The van der Waals surface area contributed by atoms with Crippen LogP contribution in [0.25, 0.3) is 0 Å². The van der Waals surface area contributed by atoms with Crippen LogP contribution in [0.5, 0.6) is 0 Å². The summed E-state index contributed by atoms with van der Waals surface area (Å²) in [5, 5.41) is 12.1. The van der Waals surface area contributed by atoms with Crippen LogP contribution in [0.2, 0.25) is 0 Å². The summed E-state index contributed by atoms with van der Waals surface area (Å²) in [7, 11) is 0. The molecule has 2 heterocycles. The van der Waals surface area contributed by atoms with Gasteiger partial charge in [-0.25, -0.2) is 0 Å². The highest BCUT2D eigenvalue weighted by Crippen LogP contribution is 2.09. The van der Waals surface area contributed by atoms with Crippen LogP contribution in [0.15, 0.2) is 18.3 Å². The lowest BCUT2D eigenvalue weighted by atomic mass is 10.4. The topological polar surface area (TPSA) is 47.7 Å². The van der Waals surface area contributed by atoms with E-state index in [9.17, 15) is 0 Å². The van der Waals surface area contributed by atoms with Crippen molar-refractivity contribution in [1.29, 1.82) is 0 Å². The number of rotatable bonds is 5. The summed E-state index contributed by atoms with van der Waals surface area (Å²) in [4.78, 5) is 0. The van der Waals surface area contributed by atoms with Crippen molar-refractivity contribution in [2.75, 3.05) is 5.32 Å². The van der Waals surface area contributed by atoms with Gasteiger partial charge in [0, 0.05) is 31.0 Å². The summed E-state index contributed by atoms with van der Waals surface area (Å²) in [5.41, 5.74) is 2.21. The van der Waals surface area contributed by atoms with Crippen molar-refractivity contribution in [3.63, 3.8) is 0 Å². The molecule has 0 aliphatic heterocycles. The summed E-state index contributed by atoms with van der Waals surface area (Å²) < 4.78 is 3.90. The minimum absolute atomic E-state index is 0.715. The Balaban J connectivity index is 1.97. The standard InChI is InChI=1S/C12H19N5/c1-4-16-7-6-11(14-16)9-13-12-8-10(3)17(5-2)15-12/h6-8H,4-5,9H2,1-3H3,(H,13,15). The molecule has 5 nitrogen and oxygen atoms in total. The molecule has 0 fully saturated rings. The molecule has 0 saturated heterocycles. The second-order valence-corrected chi connectivity index (χ2v) is 4.00. The number of hydrogen-bond acceptors (Lipinski definition) is 3. The Morgan fingerprint density at radius 2 is 2.06 bits per heavy atom. The van der Waals surface area contributed by atoms with Gasteiger partial charge in [0.15, 0.2) is 0 Å². The largest absolute Gasteiger partial charge is 0.363 e. The van der Waals surface area contributed by atoms with Gasteiger partial charge in [-0.05, 0) is 26.8 Å². The van der Waals surface area contributed by atoms with E-state index in [0.717, 1.165) is 24.6 Å². The van der Waals surface area contributed by atoms with Gasteiger partial charge in [-0.15, -0.1) is 0 Å². The molecule has 92 valence electrons. The number of nitrogens with zero attached hydrogens (tertiary/aromatic N) is 4. The first kappa shape index (κ1) is 11.7. The smallest absolute Gasteiger partial charge is 0.148 e. The maximum Gasteiger partial charge on any atom is 0.148 e. The Labute approximate surface area is 101 Å². The molecule has 0 saturated carbocycles. The third-order valence-electron chi connectivity index (χ3n) is 2.75. The fourth-order valence-corrected chi connectivity index (χ4v) is 1.77. The SMILES string of the molecule is CCn1ccc(CNc2cc(C)n(CC)n2)n1. The summed E-state index contributed by atoms with van der Waals surface area (Å²) in [6, 6.07) is 4.08. The Kier molecular flexibility index (Phi) is 3.46. The van der Waals surface area contributed by atoms with Gasteiger partial charge in [0.1, 0.15) is 5.82 Å². The van der Waals surface area contributed by atoms with Crippen molar-refractivity contribution >= 4 is 5.82 Å². The lowest BCUT2D eigenvalue weighted by Crippen LogP contribution is -2.04. The van der Waals surface area contributed by atoms with Gasteiger partial charge in [-0.1, -0.05) is 0 Å². The van der Waals surface area contributed by atoms with E-state index in [4.69, 9.17) is 0 Å². The lowest BCUT2D eigenvalue weighted by molar-refractivity contribution is 0.639. The highest BCUT2D eigenvalue weighted by atomic mass is 15.3. The molecule has 0 amide bonds. The maximum absolute atomic E-state index is 4.44. The minimum atomic E-state index is 0.715. The highest BCUT2D eigenvalue weighted by molar-refractivity contribution is 5.35. The van der Waals surface area contributed by atoms with Crippen LogP contribution in [0, 0.1) is 6.92 Å². The van der Waals surface area contributed by atoms with Crippen LogP contribution in [0.4, 0.5) is 5.82 Å². The summed E-state index contributed by atoms with van der Waals surface area (Å²) in [5.74, 6) is 0.912. The molecular weight excluding hydrogens is 214 g/mol. The van der Waals surface area contributed by atoms with E-state index in [1.807, 2.05) is 21.6 Å². The maximum atomic E-state index is 4.44. The van der Waals surface area contributed by atoms with E-state index in [1.165, 1.54) is 5.69 Å². The first-order valence-corrected chi connectivity index (χ1v) is 6.03. The van der Waals surface area contributed by atoms with Gasteiger partial charge < -0.3 is 5.32 Å². The van der Waals surface area contributed by atoms with Crippen LogP contribution >= 0.6 is 0 Å². The van der Waals surface area contributed by atoms with Gasteiger partial charge in [-0.3, -0.25) is 9.36 Å². The van der Waals surface area contributed by atoms with Crippen molar-refractivity contribution in [3.05, 3.63) is 29.7 Å². The molecule has 0 bridgehead atoms. The van der Waals surface area contributed by atoms with E-state index < -0.39 is 0 Å². The number of anilines is 1. The zero-order valence-electron chi connectivity index (χ0n) is 10.6. The molecule has 0 unspecified atom stereocenters. The molecular formula is C12H19N5. The molecule has 0 radical (unpaired) electrons. The van der Waals surface area contributed by atoms with Gasteiger partial charge >= 0.3 is 0 Å². The fraction of sp³-hybridized carbons (Fsp3) is 0.500. The predicted molar refractivity (Wildman–Crippen MR) is 67.9 cm³/mol. The van der Waals surface area contributed by atoms with Crippen molar-refractivity contribution in [3.8, 4) is 0 Å². The molecule has 2 rings (SSSR count). The summed E-state index contributed by atoms with van der Waals surface area (Å²) in [6.45, 7) is 8.76. The average Bonchev–Trinajstić information content (AvgIpc) is 2.92. The molecule has 0 atom stereocenters. The number of nitrogens with one attached hydrogen (secondary N) is 1. The third kappa shape index (κ3) is 2.67. The summed E-state index contributed by atoms with van der Waals surface area (Å²) >= 11 is 0. The third-order valence-corrected chi connectivity index (χ3v) is 2.75. The fourth-order valence-electron chi connectivity index (χ4n) is 1.77. The second kappa shape index (κ2) is 5.03. The molecule has 0 aromatic carbocycles. The molecule has 0 aliphatic carbocycles. The molecule has 0 spiro atoms. The zero-order chi connectivity index (χ0) is 12.3. The van der Waals surface area contributed by atoms with Gasteiger partial charge in [0.25, 0.3) is 0 Å². The normalized spacial score (nSPS) is 10.8. The Morgan fingerprint density at radius 1 is 1.24 bits per heavy atom. The quantitative estimate of drug-likeness (QED) is 0.859. The van der Waals surface area contributed by atoms with Crippen LogP contribution in [-0.2, 0) is 19.6 Å². The molecule has 1 N–H and O–H groups in total. The Hall–Kier alpha value is -1.78. The van der Waals surface area contributed by atoms with Gasteiger partial charge in [0.2, 0.25) is 0 Å². The number of hydrogen-bond donors (Lipinski definition) is 1. The minimum Gasteiger partial charge on any atom is -0.363 e. The second-order valence-electron chi connectivity index (χ2n) is 4.00. The zero-order valence-corrected chi connectivity index (χ0v) is 10.6. The van der Waals surface area contributed by atoms with E-state index in [0.29, 0.717) is 6.54 Å². The molecule has 2 aromatic heterocycles. The van der Waals surface area contributed by atoms with Crippen LogP contribution in [0.1, 0.15) is 25.2 Å². The molecule has 2 aromatic rings. The van der Waals surface area contributed by atoms with Crippen LogP contribution in [0.3, 0.4) is 0 Å². The van der Waals surface area contributed by atoms with Crippen LogP contribution in [-0.4, -0.2) is 19.6 Å². The van der Waals surface area contributed by atoms with E-state index in [-0.39, 0.29) is 0 Å². The van der Waals surface area contributed by atoms with E-state index >= 15 is 0 Å². The Bertz CT molecular complexity index is 483. The molecule has 17 heavy (non-hydrogen) atoms. The number of aryl methyl sites for hydroxylation is 3. The Morgan fingerprint density at radius 3 is 2.65 bits per heavy atom. The highest BCUT2D eigenvalue weighted by Gasteiger charge is 2.03. The van der Waals surface area contributed by atoms with Gasteiger partial charge in [-0.2, -0.15) is 10.2 Å². The van der Waals surface area contributed by atoms with E-state index in [2.05, 4.69) is 42.4 Å². The van der Waals surface area contributed by atoms with Crippen molar-refractivity contribution in [1.82, 2.24) is 19.6 Å². The van der Waals surface area contributed by atoms with Crippen molar-refractivity contribution < 1.29 is 0 Å². The van der Waals surface area contributed by atoms with Gasteiger partial charge in [0.05, 0.1) is 12.2 Å². The monoisotopic (exact) mass is 233 g/mol. The number of aromatic nitrogens is 4. The lowest BCUT2D eigenvalue weighted by Gasteiger charge is -2.00. The first-order valence-electron chi connectivity index (χ1n) is 6.03. The van der Waals surface area contributed by atoms with Crippen LogP contribution < -0.4 is 5.32 Å². The predicted octanol–water partition coefficient (Wildman–Crippen LogP) is 2.04. The summed E-state index contributed by atoms with van der Waals surface area (Å²) in [6.07, 6.45) is 1.99. The average molecular weight is 233 g/mol. The van der Waals surface area contributed by atoms with Crippen molar-refractivity contribution in [2.45, 2.75) is 40.4 Å².